The molecule has 7 nitrogen and oxygen atoms in total. The summed E-state index contributed by atoms with van der Waals surface area (Å²) in [6.07, 6.45) is -5.86. The molecule has 1 aliphatic heterocycles. The van der Waals surface area contributed by atoms with E-state index in [-0.39, 0.29) is 42.8 Å². The lowest BCUT2D eigenvalue weighted by Crippen LogP contribution is -2.47. The molecular formula is C23H20ClF4N3O4. The summed E-state index contributed by atoms with van der Waals surface area (Å²) in [5, 5.41) is 14.1. The summed E-state index contributed by atoms with van der Waals surface area (Å²) in [6.45, 7) is 1.82. The Morgan fingerprint density at radius 3 is 2.60 bits per heavy atom. The van der Waals surface area contributed by atoms with E-state index in [9.17, 15) is 32.3 Å². The van der Waals surface area contributed by atoms with Crippen LogP contribution in [0.4, 0.5) is 23.4 Å². The number of carbonyl (C=O) groups excluding carboxylic acids is 2. The minimum atomic E-state index is -4.87. The highest BCUT2D eigenvalue weighted by molar-refractivity contribution is 6.34. The number of hydrogen-bond donors (Lipinski definition) is 1. The first kappa shape index (κ1) is 24.9. The molecule has 1 N–H and O–H groups in total. The number of nitrogens with zero attached hydrogens (tertiary/aromatic N) is 3. The fraction of sp³-hybridized carbons (Fsp3) is 0.348. The molecule has 1 saturated heterocycles. The first-order chi connectivity index (χ1) is 16.5. The van der Waals surface area contributed by atoms with Gasteiger partial charge in [-0.2, -0.15) is 17.9 Å². The van der Waals surface area contributed by atoms with Gasteiger partial charge in [-0.25, -0.2) is 4.39 Å². The number of aliphatic hydroxyl groups excluding tert-OH is 1. The van der Waals surface area contributed by atoms with Crippen molar-refractivity contribution in [3.05, 3.63) is 58.4 Å². The SMILES string of the molecule is CCOC(=O)[C@@H]1CCN(c2nn(C(=O)c3c(Cl)cccc3C(F)(F)F)c3cccc(F)c23)C[C@@H]1O. The Bertz CT molecular complexity index is 1290. The Hall–Kier alpha value is -3.18. The van der Waals surface area contributed by atoms with Crippen molar-refractivity contribution in [2.75, 3.05) is 24.6 Å². The highest BCUT2D eigenvalue weighted by Gasteiger charge is 2.39. The predicted molar refractivity (Wildman–Crippen MR) is 119 cm³/mol. The Balaban J connectivity index is 1.79. The summed E-state index contributed by atoms with van der Waals surface area (Å²) in [7, 11) is 0. The third-order valence-corrected chi connectivity index (χ3v) is 6.15. The Morgan fingerprint density at radius 1 is 1.23 bits per heavy atom. The van der Waals surface area contributed by atoms with Gasteiger partial charge in [-0.05, 0) is 37.6 Å². The number of aliphatic hydroxyl groups is 1. The van der Waals surface area contributed by atoms with Crippen LogP contribution >= 0.6 is 11.6 Å². The summed E-state index contributed by atoms with van der Waals surface area (Å²) in [5.41, 5.74) is -2.13. The normalized spacial score (nSPS) is 18.7. The molecule has 0 saturated carbocycles. The Labute approximate surface area is 201 Å². The van der Waals surface area contributed by atoms with E-state index >= 15 is 0 Å². The van der Waals surface area contributed by atoms with Gasteiger partial charge in [0, 0.05) is 13.1 Å². The largest absolute Gasteiger partial charge is 0.466 e. The molecule has 0 amide bonds. The fourth-order valence-corrected chi connectivity index (χ4v) is 4.47. The molecule has 2 aromatic carbocycles. The zero-order valence-electron chi connectivity index (χ0n) is 18.4. The monoisotopic (exact) mass is 513 g/mol. The zero-order chi connectivity index (χ0) is 25.5. The maximum Gasteiger partial charge on any atom is 0.417 e. The number of ether oxygens (including phenoxy) is 1. The van der Waals surface area contributed by atoms with Crippen molar-refractivity contribution < 1.29 is 37.0 Å². The van der Waals surface area contributed by atoms with Crippen LogP contribution in [0.25, 0.3) is 10.9 Å². The van der Waals surface area contributed by atoms with Crippen LogP contribution in [0.3, 0.4) is 0 Å². The molecule has 2 atom stereocenters. The number of piperidine rings is 1. The average molecular weight is 514 g/mol. The molecule has 0 spiro atoms. The molecule has 35 heavy (non-hydrogen) atoms. The van der Waals surface area contributed by atoms with Crippen molar-refractivity contribution in [1.82, 2.24) is 9.78 Å². The summed E-state index contributed by atoms with van der Waals surface area (Å²) in [6, 6.07) is 6.71. The molecule has 3 aromatic rings. The van der Waals surface area contributed by atoms with Crippen molar-refractivity contribution in [2.45, 2.75) is 25.6 Å². The second-order valence-corrected chi connectivity index (χ2v) is 8.40. The number of anilines is 1. The van der Waals surface area contributed by atoms with Crippen LogP contribution in [0, 0.1) is 11.7 Å². The summed E-state index contributed by atoms with van der Waals surface area (Å²) >= 11 is 5.99. The quantitative estimate of drug-likeness (QED) is 0.414. The van der Waals surface area contributed by atoms with Gasteiger partial charge in [0.05, 0.1) is 45.7 Å². The average Bonchev–Trinajstić information content (AvgIpc) is 3.19. The van der Waals surface area contributed by atoms with E-state index in [0.29, 0.717) is 4.68 Å². The second-order valence-electron chi connectivity index (χ2n) is 8.00. The van der Waals surface area contributed by atoms with Gasteiger partial charge in [0.2, 0.25) is 0 Å². The van der Waals surface area contributed by atoms with Gasteiger partial charge in [0.15, 0.2) is 5.82 Å². The smallest absolute Gasteiger partial charge is 0.417 e. The number of hydrogen-bond acceptors (Lipinski definition) is 6. The standard InChI is InChI=1S/C23H20ClF4N3O4/c1-2-35-22(34)12-9-10-30(11-17(12)32)20-19-15(25)7-4-8-16(19)31(29-20)21(33)18-13(23(26,27)28)5-3-6-14(18)24/h3-8,12,17,32H,2,9-11H2,1H3/t12-,17+/m1/s1. The van der Waals surface area contributed by atoms with Crippen LogP contribution in [-0.4, -0.2) is 52.6 Å². The highest BCUT2D eigenvalue weighted by atomic mass is 35.5. The van der Waals surface area contributed by atoms with Crippen LogP contribution in [-0.2, 0) is 15.7 Å². The molecule has 2 heterocycles. The first-order valence-electron chi connectivity index (χ1n) is 10.7. The highest BCUT2D eigenvalue weighted by Crippen LogP contribution is 2.37. The lowest BCUT2D eigenvalue weighted by molar-refractivity contribution is -0.152. The summed E-state index contributed by atoms with van der Waals surface area (Å²) in [5.74, 6) is -3.34. The van der Waals surface area contributed by atoms with Crippen molar-refractivity contribution >= 4 is 40.2 Å². The number of benzene rings is 2. The van der Waals surface area contributed by atoms with Gasteiger partial charge in [0.1, 0.15) is 5.82 Å². The topological polar surface area (TPSA) is 84.7 Å². The molecule has 0 aliphatic carbocycles. The van der Waals surface area contributed by atoms with E-state index in [1.165, 1.54) is 17.0 Å². The van der Waals surface area contributed by atoms with Crippen molar-refractivity contribution in [1.29, 1.82) is 0 Å². The van der Waals surface area contributed by atoms with Crippen LogP contribution in [0.1, 0.15) is 29.3 Å². The number of alkyl halides is 3. The number of fused-ring (bicyclic) bond motifs is 1. The summed E-state index contributed by atoms with van der Waals surface area (Å²) < 4.78 is 61.4. The predicted octanol–water partition coefficient (Wildman–Crippen LogP) is 4.29. The maximum absolute atomic E-state index is 14.9. The Kier molecular flexibility index (Phi) is 6.74. The van der Waals surface area contributed by atoms with Gasteiger partial charge in [-0.15, -0.1) is 5.10 Å². The summed E-state index contributed by atoms with van der Waals surface area (Å²) in [4.78, 5) is 26.9. The van der Waals surface area contributed by atoms with E-state index in [2.05, 4.69) is 5.10 Å². The molecule has 0 radical (unpaired) electrons. The maximum atomic E-state index is 14.9. The number of carbonyl (C=O) groups is 2. The molecule has 4 rings (SSSR count). The van der Waals surface area contributed by atoms with Crippen LogP contribution in [0.15, 0.2) is 36.4 Å². The molecule has 1 aromatic heterocycles. The van der Waals surface area contributed by atoms with E-state index < -0.39 is 52.0 Å². The minimum Gasteiger partial charge on any atom is -0.466 e. The molecule has 1 aliphatic rings. The van der Waals surface area contributed by atoms with Gasteiger partial charge in [-0.3, -0.25) is 9.59 Å². The number of β-amino-alcohol motifs (C(OH)–C–C–N with tert-alkyl or cyclic N) is 1. The number of rotatable bonds is 4. The lowest BCUT2D eigenvalue weighted by Gasteiger charge is -2.34. The molecular weight excluding hydrogens is 494 g/mol. The van der Waals surface area contributed by atoms with E-state index in [4.69, 9.17) is 16.3 Å². The minimum absolute atomic E-state index is 0.0478. The van der Waals surface area contributed by atoms with E-state index in [1.807, 2.05) is 0 Å². The second kappa shape index (κ2) is 9.46. The zero-order valence-corrected chi connectivity index (χ0v) is 19.1. The van der Waals surface area contributed by atoms with E-state index in [0.717, 1.165) is 24.3 Å². The van der Waals surface area contributed by atoms with Crippen molar-refractivity contribution in [3.8, 4) is 0 Å². The first-order valence-corrected chi connectivity index (χ1v) is 11.1. The van der Waals surface area contributed by atoms with Gasteiger partial charge < -0.3 is 14.7 Å². The molecule has 1 fully saturated rings. The van der Waals surface area contributed by atoms with Gasteiger partial charge in [-0.1, -0.05) is 23.7 Å². The van der Waals surface area contributed by atoms with Gasteiger partial charge >= 0.3 is 12.1 Å². The van der Waals surface area contributed by atoms with Crippen molar-refractivity contribution in [3.63, 3.8) is 0 Å². The van der Waals surface area contributed by atoms with E-state index in [1.54, 1.807) is 6.92 Å². The molecule has 0 bridgehead atoms. The Morgan fingerprint density at radius 2 is 1.94 bits per heavy atom. The third kappa shape index (κ3) is 4.57. The third-order valence-electron chi connectivity index (χ3n) is 5.83. The lowest BCUT2D eigenvalue weighted by atomic mass is 9.94. The molecule has 186 valence electrons. The number of aromatic nitrogens is 2. The fourth-order valence-electron chi connectivity index (χ4n) is 4.22. The van der Waals surface area contributed by atoms with Crippen LogP contribution < -0.4 is 4.90 Å². The number of esters is 1. The molecule has 12 heteroatoms. The van der Waals surface area contributed by atoms with Gasteiger partial charge in [0.25, 0.3) is 5.91 Å². The van der Waals surface area contributed by atoms with Crippen molar-refractivity contribution in [2.24, 2.45) is 5.92 Å². The number of halogens is 5. The molecule has 0 unspecified atom stereocenters. The van der Waals surface area contributed by atoms with Crippen LogP contribution in [0.5, 0.6) is 0 Å². The van der Waals surface area contributed by atoms with Crippen LogP contribution in [0.2, 0.25) is 5.02 Å².